The first-order valence-electron chi connectivity index (χ1n) is 17.0. The summed E-state index contributed by atoms with van der Waals surface area (Å²) in [6.07, 6.45) is 5.85. The lowest BCUT2D eigenvalue weighted by atomic mass is 9.84. The average Bonchev–Trinajstić information content (AvgIpc) is 3.10. The lowest BCUT2D eigenvalue weighted by molar-refractivity contribution is -0.0260. The summed E-state index contributed by atoms with van der Waals surface area (Å²) >= 11 is 5.92. The van der Waals surface area contributed by atoms with E-state index in [1.807, 2.05) is 48.5 Å². The van der Waals surface area contributed by atoms with Gasteiger partial charge in [0.1, 0.15) is 17.3 Å². The van der Waals surface area contributed by atoms with Gasteiger partial charge in [0, 0.05) is 49.7 Å². The van der Waals surface area contributed by atoms with Crippen molar-refractivity contribution in [3.05, 3.63) is 94.8 Å². The van der Waals surface area contributed by atoms with E-state index in [9.17, 15) is 14.3 Å². The number of nitrogens with zero attached hydrogens (tertiary/aromatic N) is 2. The number of Topliss-reactive ketones (excluding diaryl/α,β-unsaturated/α-hetero) is 1. The summed E-state index contributed by atoms with van der Waals surface area (Å²) in [6.45, 7) is 11.0. The zero-order valence-electron chi connectivity index (χ0n) is 28.1. The summed E-state index contributed by atoms with van der Waals surface area (Å²) < 4.78 is 29.6. The minimum absolute atomic E-state index is 0. The lowest BCUT2D eigenvalue weighted by Gasteiger charge is -2.38. The number of benzene rings is 3. The van der Waals surface area contributed by atoms with Crippen LogP contribution in [0.25, 0.3) is 0 Å². The molecule has 1 N–H and O–H groups in total. The first kappa shape index (κ1) is 39.7. The fourth-order valence-electron chi connectivity index (χ4n) is 5.71. The number of hydrogen-bond acceptors (Lipinski definition) is 7. The summed E-state index contributed by atoms with van der Waals surface area (Å²) in [5, 5.41) is 11.5. The van der Waals surface area contributed by atoms with Crippen LogP contribution in [0.15, 0.2) is 72.8 Å². The molecule has 2 saturated heterocycles. The minimum Gasteiger partial charge on any atom is -0.494 e. The number of halogens is 3. The zero-order valence-corrected chi connectivity index (χ0v) is 29.7. The second-order valence-corrected chi connectivity index (χ2v) is 12.7. The van der Waals surface area contributed by atoms with Crippen LogP contribution in [0.5, 0.6) is 11.5 Å². The Kier molecular flexibility index (Phi) is 17.7. The third-order valence-corrected chi connectivity index (χ3v) is 8.94. The van der Waals surface area contributed by atoms with Gasteiger partial charge in [-0.2, -0.15) is 0 Å². The third kappa shape index (κ3) is 13.7. The Bertz CT molecular complexity index is 1310. The van der Waals surface area contributed by atoms with Gasteiger partial charge in [-0.25, -0.2) is 4.39 Å². The number of ketones is 1. The van der Waals surface area contributed by atoms with Gasteiger partial charge in [-0.3, -0.25) is 9.69 Å². The highest BCUT2D eigenvalue weighted by molar-refractivity contribution is 6.30. The molecule has 2 heterocycles. The molecule has 5 rings (SSSR count). The summed E-state index contributed by atoms with van der Waals surface area (Å²) in [5.74, 6) is 1.55. The van der Waals surface area contributed by atoms with Crippen molar-refractivity contribution in [3.8, 4) is 11.5 Å². The second kappa shape index (κ2) is 21.4. The van der Waals surface area contributed by atoms with Crippen LogP contribution >= 0.6 is 24.0 Å². The maximum absolute atomic E-state index is 12.9. The number of ether oxygens (including phenoxy) is 3. The molecule has 0 aliphatic carbocycles. The number of carbonyl (C=O) groups excluding carboxylic acids is 1. The molecule has 0 amide bonds. The molecule has 0 saturated carbocycles. The molecular weight excluding hydrogens is 654 g/mol. The standard InChI is InChI=1S/C21H23ClFNO2.C17H27NO3.ClH/c22-18-7-5-17(6-8-18)21(26)11-14-24(15-12-21)13-1-2-20(25)16-3-9-19(23)10-4-16;1-2-3-12-20-16-5-7-17(8-6-16)21-13-4-9-18-10-14-19-15-11-18;/h3-10,26H,1-2,11-15H2;5-8H,2-4,9-15H2,1H3;1H. The average molecular weight is 706 g/mol. The van der Waals surface area contributed by atoms with E-state index in [-0.39, 0.29) is 24.0 Å². The molecule has 7 nitrogen and oxygen atoms in total. The van der Waals surface area contributed by atoms with E-state index >= 15 is 0 Å². The van der Waals surface area contributed by atoms with Crippen molar-refractivity contribution < 1.29 is 28.5 Å². The van der Waals surface area contributed by atoms with Gasteiger partial charge in [0.15, 0.2) is 5.78 Å². The molecule has 2 fully saturated rings. The number of rotatable bonds is 15. The number of aliphatic hydroxyl groups is 1. The van der Waals surface area contributed by atoms with Crippen LogP contribution in [-0.4, -0.2) is 86.4 Å². The highest BCUT2D eigenvalue weighted by Crippen LogP contribution is 2.33. The predicted molar refractivity (Wildman–Crippen MR) is 192 cm³/mol. The molecule has 264 valence electrons. The number of likely N-dealkylation sites (tertiary alicyclic amines) is 1. The molecule has 0 unspecified atom stereocenters. The Morgan fingerprint density at radius 1 is 0.812 bits per heavy atom. The smallest absolute Gasteiger partial charge is 0.162 e. The van der Waals surface area contributed by atoms with Crippen molar-refractivity contribution >= 4 is 29.8 Å². The molecule has 2 aliphatic heterocycles. The number of unbranched alkanes of at least 4 members (excludes halogenated alkanes) is 1. The number of hydrogen-bond donors (Lipinski definition) is 1. The highest BCUT2D eigenvalue weighted by atomic mass is 35.5. The van der Waals surface area contributed by atoms with Gasteiger partial charge in [-0.15, -0.1) is 12.4 Å². The molecule has 2 aliphatic rings. The Morgan fingerprint density at radius 2 is 1.35 bits per heavy atom. The fourth-order valence-corrected chi connectivity index (χ4v) is 5.83. The van der Waals surface area contributed by atoms with E-state index in [1.54, 1.807) is 0 Å². The molecule has 0 radical (unpaired) electrons. The van der Waals surface area contributed by atoms with Crippen LogP contribution in [0.4, 0.5) is 4.39 Å². The Hall–Kier alpha value is -2.72. The Labute approximate surface area is 296 Å². The SMILES string of the molecule is CCCCOc1ccc(OCCCN2CCOCC2)cc1.Cl.O=C(CCCN1CCC(O)(c2ccc(Cl)cc2)CC1)c1ccc(F)cc1. The van der Waals surface area contributed by atoms with Crippen molar-refractivity contribution in [1.29, 1.82) is 0 Å². The van der Waals surface area contributed by atoms with Crippen LogP contribution in [-0.2, 0) is 10.3 Å². The number of carbonyl (C=O) groups is 1. The molecule has 0 spiro atoms. The van der Waals surface area contributed by atoms with Gasteiger partial charge < -0.3 is 24.2 Å². The Balaban J connectivity index is 0.000000261. The van der Waals surface area contributed by atoms with E-state index in [2.05, 4.69) is 16.7 Å². The molecule has 3 aromatic carbocycles. The maximum atomic E-state index is 12.9. The van der Waals surface area contributed by atoms with Gasteiger partial charge in [0.05, 0.1) is 32.0 Å². The van der Waals surface area contributed by atoms with Gasteiger partial charge in [-0.05, 0) is 105 Å². The number of piperidine rings is 1. The Morgan fingerprint density at radius 3 is 1.94 bits per heavy atom. The third-order valence-electron chi connectivity index (χ3n) is 8.69. The molecule has 48 heavy (non-hydrogen) atoms. The van der Waals surface area contributed by atoms with Gasteiger partial charge in [0.2, 0.25) is 0 Å². The van der Waals surface area contributed by atoms with E-state index in [0.717, 1.165) is 108 Å². The summed E-state index contributed by atoms with van der Waals surface area (Å²) in [5.41, 5.74) is 0.667. The second-order valence-electron chi connectivity index (χ2n) is 12.2. The van der Waals surface area contributed by atoms with Crippen LogP contribution in [0.2, 0.25) is 5.02 Å². The van der Waals surface area contributed by atoms with Gasteiger partial charge in [0.25, 0.3) is 0 Å². The van der Waals surface area contributed by atoms with Crippen molar-refractivity contribution in [3.63, 3.8) is 0 Å². The topological polar surface area (TPSA) is 71.5 Å². The largest absolute Gasteiger partial charge is 0.494 e. The van der Waals surface area contributed by atoms with Crippen LogP contribution in [0, 0.1) is 5.82 Å². The highest BCUT2D eigenvalue weighted by Gasteiger charge is 2.33. The normalized spacial score (nSPS) is 16.2. The van der Waals surface area contributed by atoms with Crippen molar-refractivity contribution in [2.75, 3.05) is 65.7 Å². The van der Waals surface area contributed by atoms with Crippen LogP contribution < -0.4 is 9.47 Å². The van der Waals surface area contributed by atoms with Gasteiger partial charge in [-0.1, -0.05) is 37.1 Å². The zero-order chi connectivity index (χ0) is 33.3. The molecule has 0 bridgehead atoms. The monoisotopic (exact) mass is 704 g/mol. The van der Waals surface area contributed by atoms with Crippen LogP contribution in [0.3, 0.4) is 0 Å². The van der Waals surface area contributed by atoms with E-state index in [0.29, 0.717) is 29.8 Å². The molecule has 3 aromatic rings. The lowest BCUT2D eigenvalue weighted by Crippen LogP contribution is -2.42. The summed E-state index contributed by atoms with van der Waals surface area (Å²) in [7, 11) is 0. The number of morpholine rings is 1. The first-order chi connectivity index (χ1) is 22.8. The van der Waals surface area contributed by atoms with E-state index in [4.69, 9.17) is 25.8 Å². The molecule has 0 aromatic heterocycles. The van der Waals surface area contributed by atoms with Crippen molar-refractivity contribution in [2.45, 2.75) is 57.5 Å². The summed E-state index contributed by atoms with van der Waals surface area (Å²) in [4.78, 5) is 16.8. The minimum atomic E-state index is -0.801. The first-order valence-corrected chi connectivity index (χ1v) is 17.4. The van der Waals surface area contributed by atoms with Crippen molar-refractivity contribution in [1.82, 2.24) is 9.80 Å². The molecular formula is C38H51Cl2FN2O5. The van der Waals surface area contributed by atoms with E-state index in [1.165, 1.54) is 24.3 Å². The van der Waals surface area contributed by atoms with E-state index < -0.39 is 5.60 Å². The quantitative estimate of drug-likeness (QED) is 0.128. The fraction of sp³-hybridized carbons (Fsp3) is 0.500. The molecule has 0 atom stereocenters. The van der Waals surface area contributed by atoms with Crippen molar-refractivity contribution in [2.24, 2.45) is 0 Å². The maximum Gasteiger partial charge on any atom is 0.162 e. The predicted octanol–water partition coefficient (Wildman–Crippen LogP) is 7.81. The van der Waals surface area contributed by atoms with Crippen LogP contribution in [0.1, 0.15) is 67.8 Å². The van der Waals surface area contributed by atoms with Gasteiger partial charge >= 0.3 is 0 Å². The summed E-state index contributed by atoms with van der Waals surface area (Å²) in [6, 6.07) is 21.0. The molecule has 10 heteroatoms.